The molecule has 3 aromatic heterocycles. The number of nitrogens with zero attached hydrogens (tertiary/aromatic N) is 3. The van der Waals surface area contributed by atoms with Crippen LogP contribution in [0.2, 0.25) is 0 Å². The second kappa shape index (κ2) is 16.5. The lowest BCUT2D eigenvalue weighted by molar-refractivity contribution is 0.667. The van der Waals surface area contributed by atoms with Crippen LogP contribution in [0.5, 0.6) is 0 Å². The molecule has 0 bridgehead atoms. The molecule has 340 valence electrons. The van der Waals surface area contributed by atoms with Crippen molar-refractivity contribution in [3.05, 3.63) is 258 Å². The van der Waals surface area contributed by atoms with Gasteiger partial charge in [0.15, 0.2) is 11.4 Å². The van der Waals surface area contributed by atoms with Crippen LogP contribution in [0.25, 0.3) is 117 Å². The zero-order valence-corrected chi connectivity index (χ0v) is 40.2. The highest BCUT2D eigenvalue weighted by Gasteiger charge is 2.31. The number of rotatable bonds is 7. The van der Waals surface area contributed by atoms with Crippen molar-refractivity contribution < 1.29 is 4.42 Å². The summed E-state index contributed by atoms with van der Waals surface area (Å²) >= 11 is 0. The van der Waals surface area contributed by atoms with Crippen LogP contribution in [0.4, 0.5) is 0 Å². The molecule has 0 radical (unpaired) electrons. The van der Waals surface area contributed by atoms with Crippen molar-refractivity contribution >= 4 is 43.9 Å². The Hall–Kier alpha value is -9.12. The molecule has 0 saturated heterocycles. The second-order valence-corrected chi connectivity index (χ2v) is 19.4. The lowest BCUT2D eigenvalue weighted by Gasteiger charge is -2.22. The third-order valence-electron chi connectivity index (χ3n) is 15.0. The summed E-state index contributed by atoms with van der Waals surface area (Å²) in [5.74, 6) is 0.727. The average molecular weight is 922 g/mol. The predicted molar refractivity (Wildman–Crippen MR) is 298 cm³/mol. The third-order valence-corrected chi connectivity index (χ3v) is 15.0. The van der Waals surface area contributed by atoms with Gasteiger partial charge in [0.25, 0.3) is 0 Å². The number of para-hydroxylation sites is 1. The number of aryl methyl sites for hydroxylation is 3. The smallest absolute Gasteiger partial charge is 0.180 e. The van der Waals surface area contributed by atoms with Gasteiger partial charge in [-0.15, -0.1) is 0 Å². The first kappa shape index (κ1) is 41.8. The van der Waals surface area contributed by atoms with E-state index in [9.17, 15) is 0 Å². The van der Waals surface area contributed by atoms with E-state index in [-0.39, 0.29) is 5.92 Å². The maximum Gasteiger partial charge on any atom is 0.180 e. The minimum atomic E-state index is 0.0778. The van der Waals surface area contributed by atoms with Crippen LogP contribution in [-0.2, 0) is 0 Å². The van der Waals surface area contributed by atoms with E-state index in [0.29, 0.717) is 11.4 Å². The Labute approximate surface area is 418 Å². The average Bonchev–Trinajstić information content (AvgIpc) is 4.08. The third kappa shape index (κ3) is 6.60. The molecule has 10 aromatic carbocycles. The van der Waals surface area contributed by atoms with Crippen molar-refractivity contribution in [3.8, 4) is 72.8 Å². The minimum Gasteiger partial charge on any atom is -0.452 e. The van der Waals surface area contributed by atoms with Crippen molar-refractivity contribution in [3.63, 3.8) is 0 Å². The van der Waals surface area contributed by atoms with Crippen LogP contribution in [0.3, 0.4) is 0 Å². The molecule has 0 fully saturated rings. The van der Waals surface area contributed by atoms with Crippen molar-refractivity contribution in [1.29, 1.82) is 0 Å². The van der Waals surface area contributed by atoms with Crippen LogP contribution >= 0.6 is 0 Å². The summed E-state index contributed by atoms with van der Waals surface area (Å²) in [6.45, 7) is 6.67. The molecule has 0 saturated carbocycles. The standard InChI is InChI=1S/C68H47N3O/c1-41-35-42(2)62(43(3)36-41)47-32-34-59-58(37-47)52-33-31-48(63-53-27-15-13-25-50(53)51-26-14-16-28-54(51)63)40-60(52)71(59)66-56(44-19-7-4-8-20-44)38-49(39-57(66)45-21-9-5-10-22-45)64-67-65(55-29-17-18-30-61(55)72-67)70-68(69-64)46-23-11-6-12-24-46/h4-40,63H,1-3H3. The van der Waals surface area contributed by atoms with E-state index in [1.807, 2.05) is 36.4 Å². The first-order valence-electron chi connectivity index (χ1n) is 24.8. The van der Waals surface area contributed by atoms with Gasteiger partial charge in [0.1, 0.15) is 16.8 Å². The predicted octanol–water partition coefficient (Wildman–Crippen LogP) is 17.9. The van der Waals surface area contributed by atoms with Gasteiger partial charge in [0.2, 0.25) is 0 Å². The normalized spacial score (nSPS) is 12.3. The van der Waals surface area contributed by atoms with Crippen LogP contribution in [0.1, 0.15) is 39.3 Å². The van der Waals surface area contributed by atoms with Crippen molar-refractivity contribution in [2.45, 2.75) is 26.7 Å². The van der Waals surface area contributed by atoms with Gasteiger partial charge < -0.3 is 8.98 Å². The Balaban J connectivity index is 1.11. The number of furan rings is 1. The van der Waals surface area contributed by atoms with Crippen LogP contribution in [0, 0.1) is 20.8 Å². The SMILES string of the molecule is Cc1cc(C)c(-c2ccc3c(c2)c2ccc(C4c5ccccc5-c5ccccc54)cc2n3-c2c(-c3ccccc3)cc(-c3nc(-c4ccccc4)nc4c3oc3ccccc34)cc2-c2ccccc2)c(C)c1. The maximum atomic E-state index is 6.79. The molecule has 0 amide bonds. The van der Waals surface area contributed by atoms with E-state index in [0.717, 1.165) is 72.3 Å². The molecule has 1 aliphatic rings. The molecule has 0 aliphatic heterocycles. The summed E-state index contributed by atoms with van der Waals surface area (Å²) in [7, 11) is 0. The summed E-state index contributed by atoms with van der Waals surface area (Å²) < 4.78 is 9.35. The molecule has 4 nitrogen and oxygen atoms in total. The molecule has 0 spiro atoms. The summed E-state index contributed by atoms with van der Waals surface area (Å²) in [5.41, 5.74) is 25.5. The van der Waals surface area contributed by atoms with Crippen LogP contribution < -0.4 is 0 Å². The number of hydrogen-bond acceptors (Lipinski definition) is 3. The number of aromatic nitrogens is 3. The molecule has 0 N–H and O–H groups in total. The first-order chi connectivity index (χ1) is 35.4. The molecule has 0 unspecified atom stereocenters. The molecule has 13 aromatic rings. The van der Waals surface area contributed by atoms with Gasteiger partial charge in [-0.25, -0.2) is 9.97 Å². The zero-order chi connectivity index (χ0) is 48.0. The Morgan fingerprint density at radius 1 is 0.417 bits per heavy atom. The quantitative estimate of drug-likeness (QED) is 0.160. The largest absolute Gasteiger partial charge is 0.452 e. The first-order valence-corrected chi connectivity index (χ1v) is 24.8. The molecule has 72 heavy (non-hydrogen) atoms. The molecular formula is C68H47N3O. The Morgan fingerprint density at radius 2 is 1.00 bits per heavy atom. The molecule has 14 rings (SSSR count). The van der Waals surface area contributed by atoms with Gasteiger partial charge in [-0.2, -0.15) is 0 Å². The van der Waals surface area contributed by atoms with E-state index >= 15 is 0 Å². The molecular weight excluding hydrogens is 875 g/mol. The number of hydrogen-bond donors (Lipinski definition) is 0. The van der Waals surface area contributed by atoms with Crippen molar-refractivity contribution in [2.75, 3.05) is 0 Å². The van der Waals surface area contributed by atoms with Crippen LogP contribution in [-0.4, -0.2) is 14.5 Å². The Morgan fingerprint density at radius 3 is 1.65 bits per heavy atom. The zero-order valence-electron chi connectivity index (χ0n) is 40.2. The molecule has 4 heteroatoms. The van der Waals surface area contributed by atoms with Gasteiger partial charge in [-0.3, -0.25) is 0 Å². The van der Waals surface area contributed by atoms with E-state index in [1.165, 1.54) is 66.4 Å². The highest BCUT2D eigenvalue weighted by Crippen LogP contribution is 2.51. The van der Waals surface area contributed by atoms with Gasteiger partial charge in [-0.05, 0) is 124 Å². The summed E-state index contributed by atoms with van der Waals surface area (Å²) in [5, 5.41) is 3.36. The maximum absolute atomic E-state index is 6.79. The van der Waals surface area contributed by atoms with Crippen molar-refractivity contribution in [1.82, 2.24) is 14.5 Å². The van der Waals surface area contributed by atoms with E-state index in [4.69, 9.17) is 14.4 Å². The molecule has 1 aliphatic carbocycles. The fraction of sp³-hybridized carbons (Fsp3) is 0.0588. The fourth-order valence-corrected chi connectivity index (χ4v) is 12.0. The fourth-order valence-electron chi connectivity index (χ4n) is 12.0. The lowest BCUT2D eigenvalue weighted by Crippen LogP contribution is -2.04. The van der Waals surface area contributed by atoms with E-state index < -0.39 is 0 Å². The molecule has 0 atom stereocenters. The number of benzene rings is 10. The van der Waals surface area contributed by atoms with Gasteiger partial charge in [0, 0.05) is 44.3 Å². The van der Waals surface area contributed by atoms with Crippen LogP contribution in [0.15, 0.2) is 229 Å². The monoisotopic (exact) mass is 921 g/mol. The van der Waals surface area contributed by atoms with Gasteiger partial charge in [-0.1, -0.05) is 188 Å². The molecule has 3 heterocycles. The Kier molecular flexibility index (Phi) is 9.59. The van der Waals surface area contributed by atoms with Gasteiger partial charge in [0.05, 0.1) is 16.7 Å². The lowest BCUT2D eigenvalue weighted by atomic mass is 9.88. The van der Waals surface area contributed by atoms with Crippen molar-refractivity contribution in [2.24, 2.45) is 0 Å². The Bertz CT molecular complexity index is 4170. The summed E-state index contributed by atoms with van der Waals surface area (Å²) in [6, 6.07) is 81.6. The summed E-state index contributed by atoms with van der Waals surface area (Å²) in [6.07, 6.45) is 0. The number of fused-ring (bicyclic) bond motifs is 9. The van der Waals surface area contributed by atoms with Gasteiger partial charge >= 0.3 is 0 Å². The van der Waals surface area contributed by atoms with E-state index in [2.05, 4.69) is 213 Å². The summed E-state index contributed by atoms with van der Waals surface area (Å²) in [4.78, 5) is 10.6. The minimum absolute atomic E-state index is 0.0778. The topological polar surface area (TPSA) is 43.9 Å². The van der Waals surface area contributed by atoms with E-state index in [1.54, 1.807) is 0 Å². The highest BCUT2D eigenvalue weighted by molar-refractivity contribution is 6.13. The highest BCUT2D eigenvalue weighted by atomic mass is 16.3. The second-order valence-electron chi connectivity index (χ2n) is 19.4.